The zero-order valence-electron chi connectivity index (χ0n) is 18.4. The van der Waals surface area contributed by atoms with Crippen molar-refractivity contribution in [1.29, 1.82) is 0 Å². The molecule has 0 aliphatic carbocycles. The smallest absolute Gasteiger partial charge is 0.308 e. The Balaban J connectivity index is 1.83. The van der Waals surface area contributed by atoms with Crippen LogP contribution in [0, 0.1) is 0 Å². The fourth-order valence-electron chi connectivity index (χ4n) is 3.59. The van der Waals surface area contributed by atoms with Crippen LogP contribution in [0.2, 0.25) is 0 Å². The summed E-state index contributed by atoms with van der Waals surface area (Å²) in [6.07, 6.45) is 0. The van der Waals surface area contributed by atoms with Crippen LogP contribution in [0.5, 0.6) is 17.2 Å². The number of nitrogens with zero attached hydrogens (tertiary/aromatic N) is 2. The number of esters is 1. The van der Waals surface area contributed by atoms with E-state index in [1.807, 2.05) is 92.6 Å². The van der Waals surface area contributed by atoms with Crippen LogP contribution in [0.25, 0.3) is 0 Å². The van der Waals surface area contributed by atoms with Crippen LogP contribution in [0.1, 0.15) is 18.1 Å². The van der Waals surface area contributed by atoms with Crippen LogP contribution in [0.4, 0.5) is 11.4 Å². The molecule has 4 rings (SSSR count). The molecule has 0 amide bonds. The zero-order chi connectivity index (χ0) is 22.2. The largest absolute Gasteiger partial charge is 0.440 e. The highest BCUT2D eigenvalue weighted by Gasteiger charge is 2.47. The van der Waals surface area contributed by atoms with Crippen molar-refractivity contribution in [2.45, 2.75) is 12.7 Å². The number of anilines is 2. The molecule has 0 spiro atoms. The standard InChI is InChI=1S/C25H26N2O4/c1-17(28)29-22-7-6-8-23-24(22)31-25(30-23,18-9-13-20(14-10-18)26(2)3)19-11-15-21(16-12-19)27(4)5/h6-16H,1-5H3. The number of fused-ring (bicyclic) bond motifs is 1. The lowest BCUT2D eigenvalue weighted by atomic mass is 9.96. The third kappa shape index (κ3) is 3.77. The minimum Gasteiger partial charge on any atom is -0.440 e. The van der Waals surface area contributed by atoms with Gasteiger partial charge in [0.2, 0.25) is 5.75 Å². The first-order valence-electron chi connectivity index (χ1n) is 10.1. The van der Waals surface area contributed by atoms with Gasteiger partial charge in [-0.05, 0) is 60.7 Å². The van der Waals surface area contributed by atoms with Crippen LogP contribution in [0.15, 0.2) is 66.7 Å². The van der Waals surface area contributed by atoms with E-state index in [9.17, 15) is 4.79 Å². The second kappa shape index (κ2) is 7.87. The highest BCUT2D eigenvalue weighted by atomic mass is 16.7. The molecule has 0 bridgehead atoms. The van der Waals surface area contributed by atoms with Gasteiger partial charge in [0, 0.05) is 57.6 Å². The molecule has 0 unspecified atom stereocenters. The highest BCUT2D eigenvalue weighted by Crippen LogP contribution is 2.52. The Kier molecular flexibility index (Phi) is 5.23. The molecule has 160 valence electrons. The zero-order valence-corrected chi connectivity index (χ0v) is 18.4. The Hall–Kier alpha value is -3.67. The molecule has 3 aromatic rings. The maximum absolute atomic E-state index is 11.6. The molecule has 0 N–H and O–H groups in total. The number of ether oxygens (including phenoxy) is 3. The molecule has 3 aromatic carbocycles. The van der Waals surface area contributed by atoms with Gasteiger partial charge < -0.3 is 24.0 Å². The molecule has 1 heterocycles. The number of para-hydroxylation sites is 1. The quantitative estimate of drug-likeness (QED) is 0.452. The van der Waals surface area contributed by atoms with Crippen molar-refractivity contribution in [3.63, 3.8) is 0 Å². The molecular weight excluding hydrogens is 392 g/mol. The number of carbonyl (C=O) groups excluding carboxylic acids is 1. The SMILES string of the molecule is CC(=O)Oc1cccc2c1OC(c1ccc(N(C)C)cc1)(c1ccc(N(C)C)cc1)O2. The van der Waals surface area contributed by atoms with Crippen LogP contribution in [-0.4, -0.2) is 34.2 Å². The average molecular weight is 418 g/mol. The molecule has 0 radical (unpaired) electrons. The minimum atomic E-state index is -1.20. The van der Waals surface area contributed by atoms with Crippen molar-refractivity contribution in [3.05, 3.63) is 77.9 Å². The van der Waals surface area contributed by atoms with Gasteiger partial charge in [-0.15, -0.1) is 0 Å². The van der Waals surface area contributed by atoms with E-state index in [4.69, 9.17) is 14.2 Å². The van der Waals surface area contributed by atoms with Gasteiger partial charge in [-0.2, -0.15) is 0 Å². The van der Waals surface area contributed by atoms with E-state index in [1.54, 1.807) is 12.1 Å². The lowest BCUT2D eigenvalue weighted by molar-refractivity contribution is -0.132. The topological polar surface area (TPSA) is 51.2 Å². The van der Waals surface area contributed by atoms with Gasteiger partial charge in [0.1, 0.15) is 0 Å². The third-order valence-corrected chi connectivity index (χ3v) is 5.22. The van der Waals surface area contributed by atoms with Crippen molar-refractivity contribution in [3.8, 4) is 17.2 Å². The molecule has 0 saturated heterocycles. The summed E-state index contributed by atoms with van der Waals surface area (Å²) >= 11 is 0. The van der Waals surface area contributed by atoms with Gasteiger partial charge in [0.25, 0.3) is 0 Å². The molecule has 31 heavy (non-hydrogen) atoms. The summed E-state index contributed by atoms with van der Waals surface area (Å²) in [5, 5.41) is 0. The maximum Gasteiger partial charge on any atom is 0.308 e. The number of carbonyl (C=O) groups is 1. The van der Waals surface area contributed by atoms with Gasteiger partial charge in [0.05, 0.1) is 0 Å². The Morgan fingerprint density at radius 1 is 0.774 bits per heavy atom. The third-order valence-electron chi connectivity index (χ3n) is 5.22. The molecule has 1 aliphatic heterocycles. The summed E-state index contributed by atoms with van der Waals surface area (Å²) in [6, 6.07) is 21.3. The molecule has 6 heteroatoms. The first-order valence-corrected chi connectivity index (χ1v) is 10.1. The molecular formula is C25H26N2O4. The minimum absolute atomic E-state index is 0.335. The summed E-state index contributed by atoms with van der Waals surface area (Å²) in [7, 11) is 7.98. The van der Waals surface area contributed by atoms with E-state index in [0.29, 0.717) is 17.2 Å². The van der Waals surface area contributed by atoms with Crippen molar-refractivity contribution >= 4 is 17.3 Å². The molecule has 0 aromatic heterocycles. The lowest BCUT2D eigenvalue weighted by Crippen LogP contribution is -2.37. The number of hydrogen-bond acceptors (Lipinski definition) is 6. The number of rotatable bonds is 5. The van der Waals surface area contributed by atoms with Crippen molar-refractivity contribution in [1.82, 2.24) is 0 Å². The summed E-state index contributed by atoms with van der Waals surface area (Å²) in [4.78, 5) is 15.7. The highest BCUT2D eigenvalue weighted by molar-refractivity contribution is 5.71. The summed E-state index contributed by atoms with van der Waals surface area (Å²) in [5.74, 6) is -0.353. The fraction of sp³-hybridized carbons (Fsp3) is 0.240. The summed E-state index contributed by atoms with van der Waals surface area (Å²) in [5.41, 5.74) is 3.80. The van der Waals surface area contributed by atoms with Crippen molar-refractivity contribution in [2.75, 3.05) is 38.0 Å². The van der Waals surface area contributed by atoms with Gasteiger partial charge in [0.15, 0.2) is 11.5 Å². The second-order valence-corrected chi connectivity index (χ2v) is 7.88. The van der Waals surface area contributed by atoms with E-state index in [-0.39, 0.29) is 0 Å². The fourth-order valence-corrected chi connectivity index (χ4v) is 3.59. The van der Waals surface area contributed by atoms with Gasteiger partial charge in [-0.25, -0.2) is 0 Å². The first-order chi connectivity index (χ1) is 14.8. The summed E-state index contributed by atoms with van der Waals surface area (Å²) in [6.45, 7) is 1.36. The lowest BCUT2D eigenvalue weighted by Gasteiger charge is -2.29. The Bertz CT molecular complexity index is 1040. The predicted octanol–water partition coefficient (Wildman–Crippen LogP) is 4.42. The number of hydrogen-bond donors (Lipinski definition) is 0. The molecule has 0 atom stereocenters. The number of benzene rings is 3. The van der Waals surface area contributed by atoms with E-state index < -0.39 is 11.8 Å². The Morgan fingerprint density at radius 2 is 1.29 bits per heavy atom. The van der Waals surface area contributed by atoms with Gasteiger partial charge in [-0.3, -0.25) is 4.79 Å². The molecule has 0 saturated carbocycles. The van der Waals surface area contributed by atoms with E-state index in [2.05, 4.69) is 0 Å². The van der Waals surface area contributed by atoms with E-state index >= 15 is 0 Å². The maximum atomic E-state index is 11.6. The molecule has 6 nitrogen and oxygen atoms in total. The van der Waals surface area contributed by atoms with Crippen molar-refractivity contribution < 1.29 is 19.0 Å². The Labute approximate surface area is 182 Å². The van der Waals surface area contributed by atoms with Gasteiger partial charge >= 0.3 is 11.8 Å². The van der Waals surface area contributed by atoms with E-state index in [1.165, 1.54) is 6.92 Å². The van der Waals surface area contributed by atoms with E-state index in [0.717, 1.165) is 22.5 Å². The monoisotopic (exact) mass is 418 g/mol. The normalized spacial score (nSPS) is 13.6. The predicted molar refractivity (Wildman–Crippen MR) is 121 cm³/mol. The van der Waals surface area contributed by atoms with Gasteiger partial charge in [-0.1, -0.05) is 6.07 Å². The molecule has 0 fully saturated rings. The molecule has 1 aliphatic rings. The first kappa shape index (κ1) is 20.6. The Morgan fingerprint density at radius 3 is 1.74 bits per heavy atom. The average Bonchev–Trinajstić information content (AvgIpc) is 3.15. The van der Waals surface area contributed by atoms with Crippen LogP contribution < -0.4 is 24.0 Å². The summed E-state index contributed by atoms with van der Waals surface area (Å²) < 4.78 is 18.3. The second-order valence-electron chi connectivity index (χ2n) is 7.88. The van der Waals surface area contributed by atoms with Crippen LogP contribution >= 0.6 is 0 Å². The van der Waals surface area contributed by atoms with Crippen LogP contribution in [0.3, 0.4) is 0 Å². The van der Waals surface area contributed by atoms with Crippen molar-refractivity contribution in [2.24, 2.45) is 0 Å². The van der Waals surface area contributed by atoms with Crippen LogP contribution in [-0.2, 0) is 10.6 Å².